The maximum absolute atomic E-state index is 12.0. The molecule has 3 rings (SSSR count). The van der Waals surface area contributed by atoms with Crippen LogP contribution in [0.4, 0.5) is 0 Å². The van der Waals surface area contributed by atoms with Crippen molar-refractivity contribution in [3.05, 3.63) is 63.8 Å². The SMILES string of the molecule is O=C(NCc1coc(-c2cccs2)n1)c1cccc(Br)c1. The number of oxazole rings is 1. The molecule has 0 aliphatic heterocycles. The number of nitrogens with one attached hydrogen (secondary N) is 1. The zero-order valence-electron chi connectivity index (χ0n) is 10.9. The first-order valence-corrected chi connectivity index (χ1v) is 7.92. The van der Waals surface area contributed by atoms with Gasteiger partial charge >= 0.3 is 0 Å². The maximum atomic E-state index is 12.0. The van der Waals surface area contributed by atoms with E-state index in [9.17, 15) is 4.79 Å². The molecule has 0 radical (unpaired) electrons. The van der Waals surface area contributed by atoms with Gasteiger partial charge in [-0.3, -0.25) is 4.79 Å². The molecule has 3 aromatic rings. The number of carbonyl (C=O) groups excluding carboxylic acids is 1. The van der Waals surface area contributed by atoms with Crippen molar-refractivity contribution in [1.82, 2.24) is 10.3 Å². The molecule has 0 unspecified atom stereocenters. The monoisotopic (exact) mass is 362 g/mol. The molecule has 1 N–H and O–H groups in total. The molecule has 0 atom stereocenters. The number of halogens is 1. The summed E-state index contributed by atoms with van der Waals surface area (Å²) in [6.45, 7) is 0.334. The Hall–Kier alpha value is -1.92. The lowest BCUT2D eigenvalue weighted by Crippen LogP contribution is -2.22. The first kappa shape index (κ1) is 14.0. The molecule has 0 spiro atoms. The minimum Gasteiger partial charge on any atom is -0.443 e. The van der Waals surface area contributed by atoms with E-state index in [1.54, 1.807) is 29.7 Å². The van der Waals surface area contributed by atoms with Gasteiger partial charge in [-0.15, -0.1) is 11.3 Å². The quantitative estimate of drug-likeness (QED) is 0.760. The lowest BCUT2D eigenvalue weighted by atomic mass is 10.2. The van der Waals surface area contributed by atoms with Gasteiger partial charge in [0, 0.05) is 10.0 Å². The molecule has 0 bridgehead atoms. The number of hydrogen-bond acceptors (Lipinski definition) is 4. The van der Waals surface area contributed by atoms with Crippen LogP contribution in [0.3, 0.4) is 0 Å². The molecule has 4 nitrogen and oxygen atoms in total. The molecule has 106 valence electrons. The van der Waals surface area contributed by atoms with Gasteiger partial charge in [0.1, 0.15) is 6.26 Å². The highest BCUT2D eigenvalue weighted by atomic mass is 79.9. The Bertz CT molecular complexity index is 753. The summed E-state index contributed by atoms with van der Waals surface area (Å²) in [7, 11) is 0. The van der Waals surface area contributed by atoms with Gasteiger partial charge in [-0.05, 0) is 29.6 Å². The van der Waals surface area contributed by atoms with E-state index >= 15 is 0 Å². The minimum atomic E-state index is -0.142. The Balaban J connectivity index is 1.64. The minimum absolute atomic E-state index is 0.142. The van der Waals surface area contributed by atoms with E-state index in [0.29, 0.717) is 23.7 Å². The van der Waals surface area contributed by atoms with Crippen molar-refractivity contribution in [3.8, 4) is 10.8 Å². The third-order valence-corrected chi connectivity index (χ3v) is 4.15. The maximum Gasteiger partial charge on any atom is 0.251 e. The number of benzene rings is 1. The predicted molar refractivity (Wildman–Crippen MR) is 85.1 cm³/mol. The number of thiophene rings is 1. The Morgan fingerprint density at radius 2 is 2.24 bits per heavy atom. The highest BCUT2D eigenvalue weighted by Gasteiger charge is 2.10. The summed E-state index contributed by atoms with van der Waals surface area (Å²) < 4.78 is 6.28. The largest absolute Gasteiger partial charge is 0.443 e. The van der Waals surface area contributed by atoms with Crippen molar-refractivity contribution in [3.63, 3.8) is 0 Å². The van der Waals surface area contributed by atoms with Gasteiger partial charge in [-0.25, -0.2) is 4.98 Å². The van der Waals surface area contributed by atoms with E-state index in [2.05, 4.69) is 26.2 Å². The second kappa shape index (κ2) is 6.24. The van der Waals surface area contributed by atoms with Crippen molar-refractivity contribution < 1.29 is 9.21 Å². The van der Waals surface area contributed by atoms with Crippen LogP contribution in [0.25, 0.3) is 10.8 Å². The second-order valence-corrected chi connectivity index (χ2v) is 6.18. The summed E-state index contributed by atoms with van der Waals surface area (Å²) in [4.78, 5) is 17.3. The van der Waals surface area contributed by atoms with Crippen LogP contribution in [0.2, 0.25) is 0 Å². The van der Waals surface area contributed by atoms with Crippen LogP contribution in [-0.4, -0.2) is 10.9 Å². The van der Waals surface area contributed by atoms with Crippen molar-refractivity contribution in [2.45, 2.75) is 6.54 Å². The van der Waals surface area contributed by atoms with Crippen molar-refractivity contribution in [2.24, 2.45) is 0 Å². The number of nitrogens with zero attached hydrogens (tertiary/aromatic N) is 1. The summed E-state index contributed by atoms with van der Waals surface area (Å²) in [5.41, 5.74) is 1.30. The molecule has 0 aliphatic rings. The third-order valence-electron chi connectivity index (χ3n) is 2.80. The van der Waals surface area contributed by atoms with Crippen molar-refractivity contribution >= 4 is 33.2 Å². The fraction of sp³-hybridized carbons (Fsp3) is 0.0667. The summed E-state index contributed by atoms with van der Waals surface area (Å²) >= 11 is 4.91. The number of aromatic nitrogens is 1. The van der Waals surface area contributed by atoms with E-state index in [-0.39, 0.29) is 5.91 Å². The average molecular weight is 363 g/mol. The Morgan fingerprint density at radius 1 is 1.33 bits per heavy atom. The van der Waals surface area contributed by atoms with E-state index < -0.39 is 0 Å². The third kappa shape index (κ3) is 3.40. The van der Waals surface area contributed by atoms with Gasteiger partial charge in [-0.1, -0.05) is 28.1 Å². The van der Waals surface area contributed by atoms with Gasteiger partial charge < -0.3 is 9.73 Å². The van der Waals surface area contributed by atoms with E-state index in [0.717, 1.165) is 9.35 Å². The van der Waals surface area contributed by atoms with Gasteiger partial charge in [0.05, 0.1) is 17.1 Å². The van der Waals surface area contributed by atoms with E-state index in [1.165, 1.54) is 0 Å². The summed E-state index contributed by atoms with van der Waals surface area (Å²) in [5, 5.41) is 4.79. The molecule has 0 aliphatic carbocycles. The van der Waals surface area contributed by atoms with Crippen LogP contribution in [0.5, 0.6) is 0 Å². The van der Waals surface area contributed by atoms with Gasteiger partial charge in [0.25, 0.3) is 5.91 Å². The van der Waals surface area contributed by atoms with Crippen LogP contribution in [0.15, 0.2) is 56.9 Å². The fourth-order valence-corrected chi connectivity index (χ4v) is 2.86. The number of amides is 1. The van der Waals surface area contributed by atoms with Crippen LogP contribution in [0.1, 0.15) is 16.1 Å². The van der Waals surface area contributed by atoms with Gasteiger partial charge in [-0.2, -0.15) is 0 Å². The van der Waals surface area contributed by atoms with Crippen LogP contribution >= 0.6 is 27.3 Å². The molecule has 0 saturated carbocycles. The highest BCUT2D eigenvalue weighted by molar-refractivity contribution is 9.10. The zero-order chi connectivity index (χ0) is 14.7. The molecule has 0 saturated heterocycles. The molecule has 6 heteroatoms. The fourth-order valence-electron chi connectivity index (χ4n) is 1.80. The Labute approximate surface area is 134 Å². The average Bonchev–Trinajstić information content (AvgIpc) is 3.15. The molecule has 21 heavy (non-hydrogen) atoms. The van der Waals surface area contributed by atoms with Crippen molar-refractivity contribution in [2.75, 3.05) is 0 Å². The van der Waals surface area contributed by atoms with Gasteiger partial charge in [0.2, 0.25) is 5.89 Å². The lowest BCUT2D eigenvalue weighted by Gasteiger charge is -2.03. The summed E-state index contributed by atoms with van der Waals surface area (Å²) in [5.74, 6) is 0.439. The van der Waals surface area contributed by atoms with Crippen molar-refractivity contribution in [1.29, 1.82) is 0 Å². The second-order valence-electron chi connectivity index (χ2n) is 4.31. The smallest absolute Gasteiger partial charge is 0.251 e. The summed E-state index contributed by atoms with van der Waals surface area (Å²) in [6, 6.07) is 11.1. The Morgan fingerprint density at radius 3 is 3.00 bits per heavy atom. The molecule has 2 heterocycles. The number of rotatable bonds is 4. The van der Waals surface area contributed by atoms with E-state index in [4.69, 9.17) is 4.42 Å². The van der Waals surface area contributed by atoms with E-state index in [1.807, 2.05) is 29.6 Å². The predicted octanol–water partition coefficient (Wildman–Crippen LogP) is 4.10. The van der Waals surface area contributed by atoms with Crippen LogP contribution < -0.4 is 5.32 Å². The Kier molecular flexibility index (Phi) is 4.17. The molecule has 2 aromatic heterocycles. The molecular weight excluding hydrogens is 352 g/mol. The number of carbonyl (C=O) groups is 1. The molecular formula is C15H11BrN2O2S. The topological polar surface area (TPSA) is 55.1 Å². The van der Waals surface area contributed by atoms with Gasteiger partial charge in [0.15, 0.2) is 0 Å². The normalized spacial score (nSPS) is 10.5. The van der Waals surface area contributed by atoms with Crippen LogP contribution in [-0.2, 0) is 6.54 Å². The first-order valence-electron chi connectivity index (χ1n) is 6.24. The summed E-state index contributed by atoms with van der Waals surface area (Å²) in [6.07, 6.45) is 1.57. The molecule has 1 amide bonds. The first-order chi connectivity index (χ1) is 10.2. The lowest BCUT2D eigenvalue weighted by molar-refractivity contribution is 0.0950. The zero-order valence-corrected chi connectivity index (χ0v) is 13.3. The highest BCUT2D eigenvalue weighted by Crippen LogP contribution is 2.23. The molecule has 1 aromatic carbocycles. The van der Waals surface area contributed by atoms with Crippen LogP contribution in [0, 0.1) is 0 Å². The standard InChI is InChI=1S/C15H11BrN2O2S/c16-11-4-1-3-10(7-11)14(19)17-8-12-9-20-15(18-12)13-5-2-6-21-13/h1-7,9H,8H2,(H,17,19). The molecule has 0 fully saturated rings. The number of hydrogen-bond donors (Lipinski definition) is 1.